The Hall–Kier alpha value is -4.06. The van der Waals surface area contributed by atoms with E-state index in [0.29, 0.717) is 34.9 Å². The number of rotatable bonds is 6. The van der Waals surface area contributed by atoms with E-state index in [1.165, 1.54) is 4.90 Å². The number of aryl methyl sites for hydroxylation is 4. The molecule has 3 aromatic rings. The van der Waals surface area contributed by atoms with Gasteiger partial charge in [-0.05, 0) is 81.1 Å². The minimum atomic E-state index is -0.851. The molecule has 186 valence electrons. The molecule has 6 heteroatoms. The summed E-state index contributed by atoms with van der Waals surface area (Å²) in [6.45, 7) is 9.90. The zero-order valence-electron chi connectivity index (χ0n) is 21.5. The fourth-order valence-electron chi connectivity index (χ4n) is 4.64. The minimum Gasteiger partial charge on any atom is -0.507 e. The van der Waals surface area contributed by atoms with Gasteiger partial charge < -0.3 is 14.6 Å². The van der Waals surface area contributed by atoms with E-state index < -0.39 is 17.7 Å². The Balaban J connectivity index is 2.03. The molecule has 4 rings (SSSR count). The molecule has 1 amide bonds. The van der Waals surface area contributed by atoms with Crippen molar-refractivity contribution < 1.29 is 24.2 Å². The highest BCUT2D eigenvalue weighted by molar-refractivity contribution is 6.51. The normalized spacial score (nSPS) is 16.9. The topological polar surface area (TPSA) is 76.1 Å². The first-order chi connectivity index (χ1) is 17.2. The van der Waals surface area contributed by atoms with E-state index in [2.05, 4.69) is 0 Å². The van der Waals surface area contributed by atoms with Crippen LogP contribution in [0.4, 0.5) is 5.69 Å². The molecule has 0 aliphatic carbocycles. The average molecular weight is 486 g/mol. The SMILES string of the molecule is CCOc1cc(C2/C(=C(\O)c3cc(C)ccc3C)C(=O)C(=O)N2c2cc(C)ccc2C)ccc1OC. The highest BCUT2D eigenvalue weighted by Crippen LogP contribution is 2.45. The molecule has 0 radical (unpaired) electrons. The molecule has 0 spiro atoms. The minimum absolute atomic E-state index is 0.0437. The van der Waals surface area contributed by atoms with Gasteiger partial charge in [-0.25, -0.2) is 0 Å². The van der Waals surface area contributed by atoms with Crippen molar-refractivity contribution in [1.82, 2.24) is 0 Å². The first-order valence-corrected chi connectivity index (χ1v) is 11.9. The summed E-state index contributed by atoms with van der Waals surface area (Å²) in [6.07, 6.45) is 0. The van der Waals surface area contributed by atoms with E-state index in [4.69, 9.17) is 9.47 Å². The molecule has 1 unspecified atom stereocenters. The number of amides is 1. The van der Waals surface area contributed by atoms with Crippen LogP contribution in [0, 0.1) is 27.7 Å². The van der Waals surface area contributed by atoms with Crippen molar-refractivity contribution >= 4 is 23.1 Å². The lowest BCUT2D eigenvalue weighted by atomic mass is 9.92. The maximum absolute atomic E-state index is 13.6. The Morgan fingerprint density at radius 1 is 0.889 bits per heavy atom. The van der Waals surface area contributed by atoms with Crippen LogP contribution in [0.5, 0.6) is 11.5 Å². The Morgan fingerprint density at radius 3 is 2.22 bits per heavy atom. The molecule has 1 aliphatic rings. The Labute approximate surface area is 211 Å². The van der Waals surface area contributed by atoms with Crippen LogP contribution in [0.25, 0.3) is 5.76 Å². The molecule has 1 atom stereocenters. The number of benzene rings is 3. The van der Waals surface area contributed by atoms with Crippen molar-refractivity contribution in [2.24, 2.45) is 0 Å². The summed E-state index contributed by atoms with van der Waals surface area (Å²) in [7, 11) is 1.56. The van der Waals surface area contributed by atoms with Crippen LogP contribution in [0.15, 0.2) is 60.2 Å². The summed E-state index contributed by atoms with van der Waals surface area (Å²) in [5.74, 6) is -0.571. The van der Waals surface area contributed by atoms with Crippen molar-refractivity contribution in [3.63, 3.8) is 0 Å². The van der Waals surface area contributed by atoms with Gasteiger partial charge in [-0.2, -0.15) is 0 Å². The standard InChI is InChI=1S/C30H31NO5/c1-7-36-25-16-21(12-13-24(25)35-6)27-26(28(32)22-14-17(2)8-10-19(22)4)29(33)30(34)31(27)23-15-18(3)9-11-20(23)5/h8-16,27,32H,7H2,1-6H3/b28-26+. The molecule has 1 fully saturated rings. The van der Waals surface area contributed by atoms with Crippen LogP contribution in [-0.4, -0.2) is 30.5 Å². The second kappa shape index (κ2) is 9.90. The molecule has 1 heterocycles. The highest BCUT2D eigenvalue weighted by Gasteiger charge is 2.47. The lowest BCUT2D eigenvalue weighted by Crippen LogP contribution is -2.30. The fourth-order valence-corrected chi connectivity index (χ4v) is 4.64. The van der Waals surface area contributed by atoms with Crippen LogP contribution in [-0.2, 0) is 9.59 Å². The van der Waals surface area contributed by atoms with E-state index in [-0.39, 0.29) is 11.3 Å². The van der Waals surface area contributed by atoms with Crippen LogP contribution >= 0.6 is 0 Å². The van der Waals surface area contributed by atoms with Crippen molar-refractivity contribution in [3.8, 4) is 11.5 Å². The van der Waals surface area contributed by atoms with Crippen LogP contribution in [0.1, 0.15) is 46.3 Å². The molecular formula is C30H31NO5. The Bertz CT molecular complexity index is 1390. The molecule has 3 aromatic carbocycles. The quantitative estimate of drug-likeness (QED) is 0.265. The number of methoxy groups -OCH3 is 1. The van der Waals surface area contributed by atoms with E-state index in [9.17, 15) is 14.7 Å². The summed E-state index contributed by atoms with van der Waals surface area (Å²) in [6, 6.07) is 15.9. The largest absolute Gasteiger partial charge is 0.507 e. The molecular weight excluding hydrogens is 454 g/mol. The molecule has 0 saturated carbocycles. The van der Waals surface area contributed by atoms with Crippen molar-refractivity contribution in [2.75, 3.05) is 18.6 Å². The summed E-state index contributed by atoms with van der Waals surface area (Å²) >= 11 is 0. The van der Waals surface area contributed by atoms with E-state index in [1.807, 2.05) is 71.0 Å². The van der Waals surface area contributed by atoms with Crippen LogP contribution in [0.2, 0.25) is 0 Å². The highest BCUT2D eigenvalue weighted by atomic mass is 16.5. The predicted molar refractivity (Wildman–Crippen MR) is 141 cm³/mol. The summed E-state index contributed by atoms with van der Waals surface area (Å²) in [4.78, 5) is 28.6. The number of carbonyl (C=O) groups excluding carboxylic acids is 2. The van der Waals surface area contributed by atoms with Gasteiger partial charge in [0.25, 0.3) is 11.7 Å². The maximum atomic E-state index is 13.6. The van der Waals surface area contributed by atoms with E-state index >= 15 is 0 Å². The number of aliphatic hydroxyl groups excluding tert-OH is 1. The van der Waals surface area contributed by atoms with Crippen molar-refractivity contribution in [2.45, 2.75) is 40.7 Å². The third kappa shape index (κ3) is 4.35. The van der Waals surface area contributed by atoms with Gasteiger partial charge in [-0.1, -0.05) is 35.9 Å². The first kappa shape index (κ1) is 25.0. The average Bonchev–Trinajstić information content (AvgIpc) is 3.12. The van der Waals surface area contributed by atoms with Gasteiger partial charge >= 0.3 is 0 Å². The van der Waals surface area contributed by atoms with Gasteiger partial charge in [0.15, 0.2) is 11.5 Å². The van der Waals surface area contributed by atoms with Crippen LogP contribution in [0.3, 0.4) is 0 Å². The third-order valence-electron chi connectivity index (χ3n) is 6.52. The van der Waals surface area contributed by atoms with Crippen LogP contribution < -0.4 is 14.4 Å². The van der Waals surface area contributed by atoms with Gasteiger partial charge in [0.2, 0.25) is 0 Å². The predicted octanol–water partition coefficient (Wildman–Crippen LogP) is 5.95. The maximum Gasteiger partial charge on any atom is 0.300 e. The molecule has 0 bridgehead atoms. The smallest absolute Gasteiger partial charge is 0.300 e. The molecule has 1 saturated heterocycles. The molecule has 36 heavy (non-hydrogen) atoms. The lowest BCUT2D eigenvalue weighted by molar-refractivity contribution is -0.132. The number of carbonyl (C=O) groups is 2. The first-order valence-electron chi connectivity index (χ1n) is 11.9. The van der Waals surface area contributed by atoms with Crippen molar-refractivity contribution in [3.05, 3.63) is 93.6 Å². The number of ketones is 1. The van der Waals surface area contributed by atoms with Gasteiger partial charge in [0, 0.05) is 11.3 Å². The number of Topliss-reactive ketones (excluding diaryl/α,β-unsaturated/α-hetero) is 1. The second-order valence-corrected chi connectivity index (χ2v) is 9.12. The number of hydrogen-bond donors (Lipinski definition) is 1. The number of ether oxygens (including phenoxy) is 2. The number of hydrogen-bond acceptors (Lipinski definition) is 5. The number of nitrogens with zero attached hydrogens (tertiary/aromatic N) is 1. The van der Waals surface area contributed by atoms with E-state index in [0.717, 1.165) is 22.3 Å². The molecule has 6 nitrogen and oxygen atoms in total. The molecule has 0 aromatic heterocycles. The molecule has 1 aliphatic heterocycles. The Morgan fingerprint density at radius 2 is 1.56 bits per heavy atom. The zero-order chi connectivity index (χ0) is 26.1. The fraction of sp³-hybridized carbons (Fsp3) is 0.267. The zero-order valence-corrected chi connectivity index (χ0v) is 21.5. The third-order valence-corrected chi connectivity index (χ3v) is 6.52. The van der Waals surface area contributed by atoms with Gasteiger partial charge in [0.1, 0.15) is 5.76 Å². The lowest BCUT2D eigenvalue weighted by Gasteiger charge is -2.28. The Kier molecular flexibility index (Phi) is 6.88. The monoisotopic (exact) mass is 485 g/mol. The molecule has 1 N–H and O–H groups in total. The van der Waals surface area contributed by atoms with Gasteiger partial charge in [-0.3, -0.25) is 14.5 Å². The van der Waals surface area contributed by atoms with Gasteiger partial charge in [-0.15, -0.1) is 0 Å². The number of aliphatic hydroxyl groups is 1. The summed E-state index contributed by atoms with van der Waals surface area (Å²) < 4.78 is 11.2. The summed E-state index contributed by atoms with van der Waals surface area (Å²) in [5, 5.41) is 11.5. The number of anilines is 1. The van der Waals surface area contributed by atoms with E-state index in [1.54, 1.807) is 25.3 Å². The van der Waals surface area contributed by atoms with Crippen molar-refractivity contribution in [1.29, 1.82) is 0 Å². The second-order valence-electron chi connectivity index (χ2n) is 9.12. The summed E-state index contributed by atoms with van der Waals surface area (Å²) in [5.41, 5.74) is 5.36. The van der Waals surface area contributed by atoms with Gasteiger partial charge in [0.05, 0.1) is 25.3 Å².